The first-order chi connectivity index (χ1) is 8.52. The van der Waals surface area contributed by atoms with Gasteiger partial charge in [0.1, 0.15) is 11.5 Å². The molecular formula is C12H11FN2O3. The van der Waals surface area contributed by atoms with Crippen LogP contribution in [0.5, 0.6) is 0 Å². The number of nitrogens with zero attached hydrogens (tertiary/aromatic N) is 1. The molecule has 5 nitrogen and oxygen atoms in total. The molecule has 1 aliphatic carbocycles. The van der Waals surface area contributed by atoms with E-state index in [2.05, 4.69) is 10.5 Å². The zero-order valence-corrected chi connectivity index (χ0v) is 9.66. The fourth-order valence-electron chi connectivity index (χ4n) is 2.02. The van der Waals surface area contributed by atoms with E-state index in [0.717, 1.165) is 6.07 Å². The van der Waals surface area contributed by atoms with Crippen molar-refractivity contribution in [1.29, 1.82) is 0 Å². The van der Waals surface area contributed by atoms with Crippen LogP contribution >= 0.6 is 0 Å². The minimum Gasteiger partial charge on any atom is -0.411 e. The molecule has 6 heteroatoms. The number of carbonyl (C=O) groups is 2. The molecule has 1 aromatic carbocycles. The number of aryl methyl sites for hydroxylation is 1. The summed E-state index contributed by atoms with van der Waals surface area (Å²) in [5, 5.41) is 14.1. The summed E-state index contributed by atoms with van der Waals surface area (Å²) in [4.78, 5) is 23.0. The Balaban J connectivity index is 2.58. The second-order valence-corrected chi connectivity index (χ2v) is 4.04. The summed E-state index contributed by atoms with van der Waals surface area (Å²) in [6.45, 7) is 1.27. The molecule has 94 valence electrons. The molecule has 1 amide bonds. The Morgan fingerprint density at radius 1 is 1.44 bits per heavy atom. The molecule has 0 radical (unpaired) electrons. The molecule has 1 aromatic rings. The third kappa shape index (κ3) is 2.09. The van der Waals surface area contributed by atoms with E-state index in [1.807, 2.05) is 0 Å². The zero-order chi connectivity index (χ0) is 13.3. The van der Waals surface area contributed by atoms with Gasteiger partial charge in [-0.3, -0.25) is 9.59 Å². The lowest BCUT2D eigenvalue weighted by Crippen LogP contribution is -2.25. The molecular weight excluding hydrogens is 239 g/mol. The Hall–Kier alpha value is -2.24. The minimum absolute atomic E-state index is 0.0145. The number of oxime groups is 1. The van der Waals surface area contributed by atoms with Gasteiger partial charge in [0, 0.05) is 13.3 Å². The van der Waals surface area contributed by atoms with Gasteiger partial charge in [0.2, 0.25) is 11.7 Å². The van der Waals surface area contributed by atoms with Crippen LogP contribution in [0.1, 0.15) is 29.3 Å². The number of hydrogen-bond acceptors (Lipinski definition) is 4. The maximum Gasteiger partial charge on any atom is 0.221 e. The van der Waals surface area contributed by atoms with E-state index in [1.165, 1.54) is 13.0 Å². The molecule has 0 spiro atoms. The summed E-state index contributed by atoms with van der Waals surface area (Å²) in [6.07, 6.45) is 0.649. The van der Waals surface area contributed by atoms with Gasteiger partial charge in [-0.25, -0.2) is 4.39 Å². The standard InChI is InChI=1S/C12H11FN2O3/c1-6(16)14-10-5-8(13)4-7-2-3-9(15-18)12(17)11(7)10/h4-5,18H,2-3H2,1H3,(H,14,16). The highest BCUT2D eigenvalue weighted by atomic mass is 19.1. The van der Waals surface area contributed by atoms with E-state index < -0.39 is 17.5 Å². The van der Waals surface area contributed by atoms with E-state index in [-0.39, 0.29) is 23.4 Å². The van der Waals surface area contributed by atoms with E-state index in [0.29, 0.717) is 12.0 Å². The maximum absolute atomic E-state index is 13.4. The third-order valence-electron chi connectivity index (χ3n) is 2.74. The number of carbonyl (C=O) groups excluding carboxylic acids is 2. The lowest BCUT2D eigenvalue weighted by atomic mass is 9.88. The highest BCUT2D eigenvalue weighted by Gasteiger charge is 2.27. The molecule has 0 saturated heterocycles. The smallest absolute Gasteiger partial charge is 0.221 e. The Labute approximate surface area is 102 Å². The van der Waals surface area contributed by atoms with Crippen molar-refractivity contribution >= 4 is 23.1 Å². The molecule has 0 atom stereocenters. The Kier molecular flexibility index (Phi) is 3.10. The van der Waals surface area contributed by atoms with Crippen LogP contribution in [0.3, 0.4) is 0 Å². The van der Waals surface area contributed by atoms with Crippen molar-refractivity contribution in [3.63, 3.8) is 0 Å². The first kappa shape index (κ1) is 12.2. The number of hydrogen-bond donors (Lipinski definition) is 2. The van der Waals surface area contributed by atoms with Gasteiger partial charge in [-0.2, -0.15) is 0 Å². The van der Waals surface area contributed by atoms with E-state index in [9.17, 15) is 14.0 Å². The lowest BCUT2D eigenvalue weighted by molar-refractivity contribution is -0.114. The maximum atomic E-state index is 13.4. The van der Waals surface area contributed by atoms with Crippen molar-refractivity contribution in [2.45, 2.75) is 19.8 Å². The molecule has 1 aliphatic rings. The van der Waals surface area contributed by atoms with Gasteiger partial charge >= 0.3 is 0 Å². The fourth-order valence-corrected chi connectivity index (χ4v) is 2.02. The van der Waals surface area contributed by atoms with Gasteiger partial charge in [0.05, 0.1) is 11.3 Å². The summed E-state index contributed by atoms with van der Waals surface area (Å²) in [5.74, 6) is -1.40. The van der Waals surface area contributed by atoms with E-state index >= 15 is 0 Å². The van der Waals surface area contributed by atoms with Crippen LogP contribution in [0.2, 0.25) is 0 Å². The highest BCUT2D eigenvalue weighted by Crippen LogP contribution is 2.28. The highest BCUT2D eigenvalue weighted by molar-refractivity contribution is 6.48. The zero-order valence-electron chi connectivity index (χ0n) is 9.66. The largest absolute Gasteiger partial charge is 0.411 e. The predicted molar refractivity (Wildman–Crippen MR) is 62.6 cm³/mol. The van der Waals surface area contributed by atoms with Crippen LogP contribution in [0, 0.1) is 5.82 Å². The number of Topliss-reactive ketones (excluding diaryl/α,β-unsaturated/α-hetero) is 1. The van der Waals surface area contributed by atoms with Gasteiger partial charge in [0.25, 0.3) is 0 Å². The number of nitrogens with one attached hydrogen (secondary N) is 1. The number of fused-ring (bicyclic) bond motifs is 1. The minimum atomic E-state index is -0.519. The van der Waals surface area contributed by atoms with Crippen LogP contribution < -0.4 is 5.32 Å². The number of rotatable bonds is 1. The molecule has 0 aromatic heterocycles. The summed E-state index contributed by atoms with van der Waals surface area (Å²) in [6, 6.07) is 2.34. The number of anilines is 1. The van der Waals surface area contributed by atoms with Crippen molar-refractivity contribution in [1.82, 2.24) is 0 Å². The molecule has 2 N–H and O–H groups in total. The molecule has 0 aliphatic heterocycles. The Bertz CT molecular complexity index is 567. The predicted octanol–water partition coefficient (Wildman–Crippen LogP) is 1.74. The summed E-state index contributed by atoms with van der Waals surface area (Å²) < 4.78 is 13.4. The molecule has 2 rings (SSSR count). The first-order valence-electron chi connectivity index (χ1n) is 5.38. The van der Waals surface area contributed by atoms with Crippen LogP contribution in [-0.4, -0.2) is 22.6 Å². The fraction of sp³-hybridized carbons (Fsp3) is 0.250. The average molecular weight is 250 g/mol. The molecule has 0 heterocycles. The summed E-state index contributed by atoms with van der Waals surface area (Å²) >= 11 is 0. The number of benzene rings is 1. The van der Waals surface area contributed by atoms with Crippen LogP contribution in [0.25, 0.3) is 0 Å². The second kappa shape index (κ2) is 4.56. The molecule has 0 bridgehead atoms. The van der Waals surface area contributed by atoms with Crippen LogP contribution in [0.15, 0.2) is 17.3 Å². The normalized spacial score (nSPS) is 16.6. The summed E-state index contributed by atoms with van der Waals surface area (Å²) in [5.41, 5.74) is 0.839. The third-order valence-corrected chi connectivity index (χ3v) is 2.74. The number of ketones is 1. The van der Waals surface area contributed by atoms with E-state index in [1.54, 1.807) is 0 Å². The van der Waals surface area contributed by atoms with Gasteiger partial charge in [-0.05, 0) is 24.1 Å². The van der Waals surface area contributed by atoms with Crippen molar-refractivity contribution in [2.24, 2.45) is 5.16 Å². The van der Waals surface area contributed by atoms with Gasteiger partial charge in [-0.1, -0.05) is 5.16 Å². The topological polar surface area (TPSA) is 78.8 Å². The summed E-state index contributed by atoms with van der Waals surface area (Å²) in [7, 11) is 0. The molecule has 0 saturated carbocycles. The van der Waals surface area contributed by atoms with Gasteiger partial charge in [-0.15, -0.1) is 0 Å². The van der Waals surface area contributed by atoms with Crippen LogP contribution in [0.4, 0.5) is 10.1 Å². The van der Waals surface area contributed by atoms with Gasteiger partial charge < -0.3 is 10.5 Å². The quantitative estimate of drug-likeness (QED) is 0.588. The number of halogens is 1. The molecule has 18 heavy (non-hydrogen) atoms. The van der Waals surface area contributed by atoms with Crippen molar-refractivity contribution in [3.8, 4) is 0 Å². The Morgan fingerprint density at radius 2 is 2.17 bits per heavy atom. The second-order valence-electron chi connectivity index (χ2n) is 4.04. The average Bonchev–Trinajstić information content (AvgIpc) is 2.27. The first-order valence-corrected chi connectivity index (χ1v) is 5.38. The number of amides is 1. The molecule has 0 fully saturated rings. The Morgan fingerprint density at radius 3 is 2.78 bits per heavy atom. The molecule has 0 unspecified atom stereocenters. The van der Waals surface area contributed by atoms with Crippen molar-refractivity contribution < 1.29 is 19.2 Å². The van der Waals surface area contributed by atoms with Crippen molar-refractivity contribution in [3.05, 3.63) is 29.1 Å². The monoisotopic (exact) mass is 250 g/mol. The van der Waals surface area contributed by atoms with Gasteiger partial charge in [0.15, 0.2) is 0 Å². The van der Waals surface area contributed by atoms with E-state index in [4.69, 9.17) is 5.21 Å². The van der Waals surface area contributed by atoms with Crippen LogP contribution in [-0.2, 0) is 11.2 Å². The van der Waals surface area contributed by atoms with Crippen molar-refractivity contribution in [2.75, 3.05) is 5.32 Å². The lowest BCUT2D eigenvalue weighted by Gasteiger charge is -2.19. The SMILES string of the molecule is CC(=O)Nc1cc(F)cc2c1C(=O)C(=NO)CC2.